The van der Waals surface area contributed by atoms with Crippen LogP contribution in [0.3, 0.4) is 0 Å². The standard InChI is InChI=1S/C18H19N3O4S/c1-12(17(22)24-3)26-18-20-19-16(13-6-8-14(23-2)9-7-13)21(18)11-15-5-4-10-25-15/h4-10,12H,11H2,1-3H3. The van der Waals surface area contributed by atoms with Crippen LogP contribution in [0.2, 0.25) is 0 Å². The average Bonchev–Trinajstić information content (AvgIpc) is 3.32. The molecule has 2 heterocycles. The minimum Gasteiger partial charge on any atom is -0.497 e. The molecule has 26 heavy (non-hydrogen) atoms. The van der Waals surface area contributed by atoms with Crippen LogP contribution in [0.15, 0.2) is 52.2 Å². The van der Waals surface area contributed by atoms with Crippen LogP contribution in [-0.4, -0.2) is 40.2 Å². The van der Waals surface area contributed by atoms with E-state index < -0.39 is 5.25 Å². The number of furan rings is 1. The van der Waals surface area contributed by atoms with E-state index in [0.29, 0.717) is 17.5 Å². The number of nitrogens with zero attached hydrogens (tertiary/aromatic N) is 3. The fourth-order valence-corrected chi connectivity index (χ4v) is 3.28. The third-order valence-electron chi connectivity index (χ3n) is 3.77. The number of methoxy groups -OCH3 is 2. The minimum absolute atomic E-state index is 0.312. The highest BCUT2D eigenvalue weighted by Crippen LogP contribution is 2.29. The van der Waals surface area contributed by atoms with Gasteiger partial charge < -0.3 is 13.9 Å². The number of carbonyl (C=O) groups is 1. The zero-order valence-electron chi connectivity index (χ0n) is 14.7. The molecule has 0 radical (unpaired) electrons. The van der Waals surface area contributed by atoms with Crippen molar-refractivity contribution in [1.82, 2.24) is 14.8 Å². The molecule has 1 aromatic carbocycles. The summed E-state index contributed by atoms with van der Waals surface area (Å²) in [4.78, 5) is 11.8. The first-order valence-corrected chi connectivity index (χ1v) is 8.85. The van der Waals surface area contributed by atoms with Crippen molar-refractivity contribution in [3.8, 4) is 17.1 Å². The molecule has 3 rings (SSSR count). The number of ether oxygens (including phenoxy) is 2. The number of rotatable bonds is 7. The molecule has 0 aliphatic carbocycles. The first-order chi connectivity index (χ1) is 12.6. The van der Waals surface area contributed by atoms with E-state index in [-0.39, 0.29) is 5.97 Å². The highest BCUT2D eigenvalue weighted by Gasteiger charge is 2.22. The van der Waals surface area contributed by atoms with Crippen molar-refractivity contribution in [3.63, 3.8) is 0 Å². The molecule has 2 aromatic heterocycles. The average molecular weight is 373 g/mol. The van der Waals surface area contributed by atoms with Crippen LogP contribution in [0.25, 0.3) is 11.4 Å². The second-order valence-corrected chi connectivity index (χ2v) is 6.79. The SMILES string of the molecule is COC(=O)C(C)Sc1nnc(-c2ccc(OC)cc2)n1Cc1ccco1. The summed E-state index contributed by atoms with van der Waals surface area (Å²) in [5.74, 6) is 1.91. The predicted octanol–water partition coefficient (Wildman–Crippen LogP) is 3.25. The Balaban J connectivity index is 1.96. The van der Waals surface area contributed by atoms with Gasteiger partial charge in [-0.2, -0.15) is 0 Å². The second-order valence-electron chi connectivity index (χ2n) is 5.48. The molecule has 0 spiro atoms. The molecule has 0 aliphatic heterocycles. The van der Waals surface area contributed by atoms with Gasteiger partial charge >= 0.3 is 5.97 Å². The van der Waals surface area contributed by atoms with Gasteiger partial charge in [-0.1, -0.05) is 11.8 Å². The van der Waals surface area contributed by atoms with Gasteiger partial charge in [-0.25, -0.2) is 0 Å². The van der Waals surface area contributed by atoms with Gasteiger partial charge in [0.25, 0.3) is 0 Å². The van der Waals surface area contributed by atoms with Crippen LogP contribution in [0.5, 0.6) is 5.75 Å². The summed E-state index contributed by atoms with van der Waals surface area (Å²) in [6.45, 7) is 2.23. The molecular weight excluding hydrogens is 354 g/mol. The lowest BCUT2D eigenvalue weighted by Gasteiger charge is -2.11. The topological polar surface area (TPSA) is 79.4 Å². The number of carbonyl (C=O) groups excluding carboxylic acids is 1. The van der Waals surface area contributed by atoms with E-state index >= 15 is 0 Å². The zero-order valence-corrected chi connectivity index (χ0v) is 15.5. The van der Waals surface area contributed by atoms with E-state index in [1.54, 1.807) is 20.3 Å². The van der Waals surface area contributed by atoms with E-state index in [1.807, 2.05) is 41.0 Å². The van der Waals surface area contributed by atoms with Crippen molar-refractivity contribution >= 4 is 17.7 Å². The van der Waals surface area contributed by atoms with Crippen molar-refractivity contribution in [2.75, 3.05) is 14.2 Å². The Labute approximate surface area is 155 Å². The third-order valence-corrected chi connectivity index (χ3v) is 4.83. The van der Waals surface area contributed by atoms with Crippen molar-refractivity contribution in [2.24, 2.45) is 0 Å². The Kier molecular flexibility index (Phi) is 5.62. The molecule has 0 fully saturated rings. The Hall–Kier alpha value is -2.74. The van der Waals surface area contributed by atoms with Crippen LogP contribution >= 0.6 is 11.8 Å². The molecule has 7 nitrogen and oxygen atoms in total. The van der Waals surface area contributed by atoms with Gasteiger partial charge in [0, 0.05) is 5.56 Å². The van der Waals surface area contributed by atoms with Crippen LogP contribution in [-0.2, 0) is 16.1 Å². The number of hydrogen-bond donors (Lipinski definition) is 0. The van der Waals surface area contributed by atoms with Crippen molar-refractivity contribution in [3.05, 3.63) is 48.4 Å². The largest absolute Gasteiger partial charge is 0.497 e. The van der Waals surface area contributed by atoms with E-state index in [4.69, 9.17) is 13.9 Å². The van der Waals surface area contributed by atoms with Crippen molar-refractivity contribution in [2.45, 2.75) is 23.9 Å². The quantitative estimate of drug-likeness (QED) is 0.464. The molecule has 0 amide bonds. The molecule has 1 unspecified atom stereocenters. The molecule has 0 saturated heterocycles. The summed E-state index contributed by atoms with van der Waals surface area (Å²) in [5.41, 5.74) is 0.891. The van der Waals surface area contributed by atoms with E-state index in [1.165, 1.54) is 18.9 Å². The van der Waals surface area contributed by atoms with E-state index in [0.717, 1.165) is 17.1 Å². The maximum absolute atomic E-state index is 11.8. The van der Waals surface area contributed by atoms with Crippen LogP contribution in [0.4, 0.5) is 0 Å². The molecule has 0 aliphatic rings. The number of esters is 1. The van der Waals surface area contributed by atoms with Crippen LogP contribution < -0.4 is 4.74 Å². The van der Waals surface area contributed by atoms with E-state index in [9.17, 15) is 4.79 Å². The smallest absolute Gasteiger partial charge is 0.318 e. The number of thioether (sulfide) groups is 1. The second kappa shape index (κ2) is 8.09. The van der Waals surface area contributed by atoms with Gasteiger partial charge in [0.05, 0.1) is 27.0 Å². The third kappa shape index (κ3) is 3.91. The Morgan fingerprint density at radius 2 is 2.00 bits per heavy atom. The molecule has 1 atom stereocenters. The van der Waals surface area contributed by atoms with Gasteiger partial charge in [0.2, 0.25) is 0 Å². The molecular formula is C18H19N3O4S. The lowest BCUT2D eigenvalue weighted by Crippen LogP contribution is -2.16. The van der Waals surface area contributed by atoms with Gasteiger partial charge in [0.15, 0.2) is 11.0 Å². The Morgan fingerprint density at radius 1 is 1.23 bits per heavy atom. The summed E-state index contributed by atoms with van der Waals surface area (Å²) >= 11 is 1.30. The van der Waals surface area contributed by atoms with E-state index in [2.05, 4.69) is 10.2 Å². The van der Waals surface area contributed by atoms with Crippen molar-refractivity contribution < 1.29 is 18.7 Å². The molecule has 136 valence electrons. The predicted molar refractivity (Wildman–Crippen MR) is 97.2 cm³/mol. The lowest BCUT2D eigenvalue weighted by atomic mass is 10.2. The minimum atomic E-state index is -0.400. The highest BCUT2D eigenvalue weighted by atomic mass is 32.2. The molecule has 0 saturated carbocycles. The number of benzene rings is 1. The Bertz CT molecular complexity index is 859. The first kappa shape index (κ1) is 18.1. The molecule has 8 heteroatoms. The van der Waals surface area contributed by atoms with Crippen molar-refractivity contribution in [1.29, 1.82) is 0 Å². The lowest BCUT2D eigenvalue weighted by molar-refractivity contribution is -0.139. The summed E-state index contributed by atoms with van der Waals surface area (Å²) < 4.78 is 17.4. The van der Waals surface area contributed by atoms with Gasteiger partial charge in [0.1, 0.15) is 16.8 Å². The zero-order chi connectivity index (χ0) is 18.5. The summed E-state index contributed by atoms with van der Waals surface area (Å²) in [7, 11) is 2.99. The van der Waals surface area contributed by atoms with Gasteiger partial charge in [-0.15, -0.1) is 10.2 Å². The van der Waals surface area contributed by atoms with Gasteiger partial charge in [-0.05, 0) is 43.3 Å². The molecule has 3 aromatic rings. The fourth-order valence-electron chi connectivity index (χ4n) is 2.40. The summed E-state index contributed by atoms with van der Waals surface area (Å²) in [6, 6.07) is 11.3. The van der Waals surface area contributed by atoms with Crippen LogP contribution in [0, 0.1) is 0 Å². The maximum atomic E-state index is 11.8. The summed E-state index contributed by atoms with van der Waals surface area (Å²) in [6.07, 6.45) is 1.62. The molecule has 0 bridgehead atoms. The number of hydrogen-bond acceptors (Lipinski definition) is 7. The maximum Gasteiger partial charge on any atom is 0.318 e. The normalized spacial score (nSPS) is 12.0. The molecule has 0 N–H and O–H groups in total. The van der Waals surface area contributed by atoms with Crippen LogP contribution in [0.1, 0.15) is 12.7 Å². The summed E-state index contributed by atoms with van der Waals surface area (Å²) in [5, 5.41) is 8.80. The highest BCUT2D eigenvalue weighted by molar-refractivity contribution is 8.00. The monoisotopic (exact) mass is 373 g/mol. The van der Waals surface area contributed by atoms with Gasteiger partial charge in [-0.3, -0.25) is 9.36 Å². The first-order valence-electron chi connectivity index (χ1n) is 7.97. The fraction of sp³-hybridized carbons (Fsp3) is 0.278. The Morgan fingerprint density at radius 3 is 2.62 bits per heavy atom. The number of aromatic nitrogens is 3.